The molecule has 0 saturated heterocycles. The van der Waals surface area contributed by atoms with Crippen molar-refractivity contribution in [2.24, 2.45) is 0 Å². The van der Waals surface area contributed by atoms with E-state index in [0.29, 0.717) is 0 Å². The van der Waals surface area contributed by atoms with Crippen LogP contribution in [0.2, 0.25) is 19.6 Å². The van der Waals surface area contributed by atoms with Gasteiger partial charge in [0.1, 0.15) is 0 Å². The monoisotopic (exact) mass is 156 g/mol. The van der Waals surface area contributed by atoms with E-state index in [1.165, 1.54) is 4.24 Å². The molecule has 54 valence electrons. The molecule has 0 saturated carbocycles. The summed E-state index contributed by atoms with van der Waals surface area (Å²) in [5.74, 6) is 0. The first kappa shape index (κ1) is 9.12. The van der Waals surface area contributed by atoms with Gasteiger partial charge in [0.25, 0.3) is 0 Å². The number of benzene rings is 1. The van der Waals surface area contributed by atoms with Gasteiger partial charge in [-0.3, -0.25) is 0 Å². The Bertz CT molecular complexity index is 233. The minimum absolute atomic E-state index is 1.06. The van der Waals surface area contributed by atoms with Gasteiger partial charge in [0.05, 0.1) is 0 Å². The molecule has 0 aromatic heterocycles. The molecule has 0 N–H and O–H groups in total. The first-order chi connectivity index (χ1) is 5.00. The summed E-state index contributed by atoms with van der Waals surface area (Å²) < 4.78 is 1.35. The van der Waals surface area contributed by atoms with Gasteiger partial charge in [-0.25, -0.2) is 0 Å². The Balaban J connectivity index is 2.99. The van der Waals surface area contributed by atoms with Crippen molar-refractivity contribution in [2.75, 3.05) is 0 Å². The van der Waals surface area contributed by atoms with Crippen molar-refractivity contribution in [1.29, 1.82) is 0 Å². The van der Waals surface area contributed by atoms with Gasteiger partial charge in [-0.2, -0.15) is 0 Å². The van der Waals surface area contributed by atoms with E-state index in [9.17, 15) is 0 Å². The summed E-state index contributed by atoms with van der Waals surface area (Å²) >= 11 is 2.13. The second-order valence-electron chi connectivity index (χ2n) is 4.12. The van der Waals surface area contributed by atoms with Crippen molar-refractivity contribution in [1.82, 2.24) is 0 Å². The molecule has 0 unspecified atom stereocenters. The van der Waals surface area contributed by atoms with E-state index in [2.05, 4.69) is 61.6 Å². The Morgan fingerprint density at radius 2 is 1.45 bits per heavy atom. The second kappa shape index (κ2) is 3.19. The minimum atomic E-state index is -1.06. The van der Waals surface area contributed by atoms with Crippen LogP contribution >= 0.6 is 0 Å². The van der Waals surface area contributed by atoms with Crippen LogP contribution < -0.4 is 9.42 Å². The van der Waals surface area contributed by atoms with Crippen LogP contribution in [0.15, 0.2) is 24.3 Å². The quantitative estimate of drug-likeness (QED) is 0.533. The van der Waals surface area contributed by atoms with E-state index >= 15 is 0 Å². The second-order valence-corrected chi connectivity index (χ2v) is 9.19. The Morgan fingerprint density at radius 1 is 1.00 bits per heavy atom. The molecule has 0 bridgehead atoms. The van der Waals surface area contributed by atoms with Gasteiger partial charge in [-0.05, 0) is 0 Å². The van der Waals surface area contributed by atoms with E-state index in [0.717, 1.165) is 0 Å². The van der Waals surface area contributed by atoms with E-state index in [1.807, 2.05) is 0 Å². The molecule has 0 nitrogen and oxygen atoms in total. The normalized spacial score (nSPS) is 11.7. The third-order valence-electron chi connectivity index (χ3n) is 1.92. The van der Waals surface area contributed by atoms with Crippen LogP contribution in [0.25, 0.3) is 0 Å². The van der Waals surface area contributed by atoms with Crippen LogP contribution in [-0.2, 0) is 0 Å². The molecule has 2 heteroatoms. The fourth-order valence-electron chi connectivity index (χ4n) is 1.05. The van der Waals surface area contributed by atoms with Crippen LogP contribution in [0.3, 0.4) is 0 Å². The molecule has 0 fully saturated rings. The van der Waals surface area contributed by atoms with Crippen LogP contribution in [0.4, 0.5) is 0 Å². The average Bonchev–Trinajstić information content (AvgIpc) is 1.86. The molecule has 0 spiro atoms. The SMILES string of the molecule is [Li][c]1ccc([Si](C)(C)C)cc1. The van der Waals surface area contributed by atoms with E-state index < -0.39 is 8.07 Å². The van der Waals surface area contributed by atoms with E-state index in [-0.39, 0.29) is 0 Å². The molecular weight excluding hydrogens is 143 g/mol. The fourth-order valence-corrected chi connectivity index (χ4v) is 2.22. The van der Waals surface area contributed by atoms with Crippen molar-refractivity contribution in [3.63, 3.8) is 0 Å². The summed E-state index contributed by atoms with van der Waals surface area (Å²) in [7, 11) is -1.06. The number of hydrogen-bond acceptors (Lipinski definition) is 0. The van der Waals surface area contributed by atoms with Gasteiger partial charge in [-0.1, -0.05) is 0 Å². The molecule has 1 aromatic carbocycles. The summed E-state index contributed by atoms with van der Waals surface area (Å²) in [5.41, 5.74) is 0. The van der Waals surface area contributed by atoms with Crippen LogP contribution in [-0.4, -0.2) is 25.8 Å². The molecule has 1 rings (SSSR count). The van der Waals surface area contributed by atoms with Crippen molar-refractivity contribution < 1.29 is 0 Å². The maximum atomic E-state index is 2.37. The number of rotatable bonds is 1. The molecule has 0 aliphatic carbocycles. The zero-order valence-electron chi connectivity index (χ0n) is 7.81. The fraction of sp³-hybridized carbons (Fsp3) is 0.333. The zero-order valence-corrected chi connectivity index (χ0v) is 8.81. The molecule has 0 amide bonds. The molecule has 0 aliphatic heterocycles. The predicted molar refractivity (Wildman–Crippen MR) is 54.8 cm³/mol. The summed E-state index contributed by atoms with van der Waals surface area (Å²) in [6.07, 6.45) is 0. The Kier molecular flexibility index (Phi) is 2.64. The third kappa shape index (κ3) is 2.52. The molecule has 0 aliphatic rings. The van der Waals surface area contributed by atoms with Gasteiger partial charge >= 0.3 is 79.1 Å². The summed E-state index contributed by atoms with van der Waals surface area (Å²) in [4.78, 5) is 0. The van der Waals surface area contributed by atoms with Crippen molar-refractivity contribution in [2.45, 2.75) is 19.6 Å². The van der Waals surface area contributed by atoms with E-state index in [4.69, 9.17) is 0 Å². The van der Waals surface area contributed by atoms with Crippen LogP contribution in [0.5, 0.6) is 0 Å². The van der Waals surface area contributed by atoms with Crippen LogP contribution in [0.1, 0.15) is 0 Å². The van der Waals surface area contributed by atoms with Crippen molar-refractivity contribution in [3.05, 3.63) is 24.3 Å². The first-order valence-electron chi connectivity index (χ1n) is 4.07. The molecule has 11 heavy (non-hydrogen) atoms. The van der Waals surface area contributed by atoms with Gasteiger partial charge in [0.15, 0.2) is 0 Å². The Morgan fingerprint density at radius 3 is 1.82 bits per heavy atom. The topological polar surface area (TPSA) is 0 Å². The Labute approximate surface area is 79.2 Å². The summed E-state index contributed by atoms with van der Waals surface area (Å²) in [6, 6.07) is 8.93. The molecule has 0 heterocycles. The number of hydrogen-bond donors (Lipinski definition) is 0. The van der Waals surface area contributed by atoms with Gasteiger partial charge < -0.3 is 0 Å². The van der Waals surface area contributed by atoms with E-state index in [1.54, 1.807) is 5.19 Å². The van der Waals surface area contributed by atoms with Gasteiger partial charge in [-0.15, -0.1) is 0 Å². The predicted octanol–water partition coefficient (Wildman–Crippen LogP) is 1.03. The first-order valence-corrected chi connectivity index (χ1v) is 7.57. The average molecular weight is 156 g/mol. The summed E-state index contributed by atoms with van der Waals surface area (Å²) in [5, 5.41) is 1.54. The zero-order chi connectivity index (χ0) is 8.48. The maximum absolute atomic E-state index is 2.37. The van der Waals surface area contributed by atoms with Crippen molar-refractivity contribution in [3.8, 4) is 0 Å². The van der Waals surface area contributed by atoms with Crippen LogP contribution in [0, 0.1) is 0 Å². The van der Waals surface area contributed by atoms with Gasteiger partial charge in [0, 0.05) is 0 Å². The summed E-state index contributed by atoms with van der Waals surface area (Å²) in [6.45, 7) is 7.12. The standard InChI is InChI=1S/C9H13Si.Li/c1-10(2,3)9-7-5-4-6-8-9;/h5-8H,1-3H3;. The molecule has 0 atom stereocenters. The molecule has 0 radical (unpaired) electrons. The Hall–Kier alpha value is 0.0343. The molecular formula is C9H13LiSi. The third-order valence-corrected chi connectivity index (χ3v) is 3.98. The van der Waals surface area contributed by atoms with Crippen molar-refractivity contribution >= 4 is 35.2 Å². The molecule has 1 aromatic rings. The van der Waals surface area contributed by atoms with Gasteiger partial charge in [0.2, 0.25) is 0 Å².